The lowest BCUT2D eigenvalue weighted by Crippen LogP contribution is -2.40. The van der Waals surface area contributed by atoms with Crippen LogP contribution in [-0.2, 0) is 12.8 Å². The lowest BCUT2D eigenvalue weighted by molar-refractivity contribution is 0.137. The standard InChI is InChI=1S/C25H29F2NO2/c1-25(2)19-10-11-28-15-18(19)24-22(29)13-17(14-23(24)30-25)7-5-3-4-6-16-8-9-20(26)21(27)12-16/h8-9,12-14,28-29H,3-7,10-11,15H2,1-2H3. The Labute approximate surface area is 176 Å². The summed E-state index contributed by atoms with van der Waals surface area (Å²) in [4.78, 5) is 0. The first kappa shape index (κ1) is 20.9. The fourth-order valence-electron chi connectivity index (χ4n) is 4.64. The maximum atomic E-state index is 13.3. The highest BCUT2D eigenvalue weighted by atomic mass is 19.2. The van der Waals surface area contributed by atoms with Crippen molar-refractivity contribution in [3.05, 3.63) is 64.2 Å². The molecule has 0 amide bonds. The minimum Gasteiger partial charge on any atom is -0.507 e. The highest BCUT2D eigenvalue weighted by Crippen LogP contribution is 2.47. The number of fused-ring (bicyclic) bond motifs is 2. The second kappa shape index (κ2) is 8.38. The van der Waals surface area contributed by atoms with Crippen molar-refractivity contribution in [3.8, 4) is 11.5 Å². The number of hydrogen-bond acceptors (Lipinski definition) is 3. The van der Waals surface area contributed by atoms with Gasteiger partial charge in [0.05, 0.1) is 5.56 Å². The van der Waals surface area contributed by atoms with E-state index < -0.39 is 11.6 Å². The Morgan fingerprint density at radius 2 is 1.77 bits per heavy atom. The second-order valence-corrected chi connectivity index (χ2v) is 8.79. The number of hydrogen-bond donors (Lipinski definition) is 2. The Morgan fingerprint density at radius 1 is 1.00 bits per heavy atom. The van der Waals surface area contributed by atoms with Gasteiger partial charge < -0.3 is 15.2 Å². The number of aryl methyl sites for hydroxylation is 2. The molecule has 0 atom stereocenters. The molecule has 0 spiro atoms. The molecule has 2 aromatic rings. The van der Waals surface area contributed by atoms with Crippen LogP contribution in [0.15, 0.2) is 35.9 Å². The van der Waals surface area contributed by atoms with Gasteiger partial charge in [-0.2, -0.15) is 0 Å². The molecule has 0 radical (unpaired) electrons. The van der Waals surface area contributed by atoms with Crippen molar-refractivity contribution >= 4 is 5.57 Å². The van der Waals surface area contributed by atoms with Crippen LogP contribution in [0.25, 0.3) is 5.57 Å². The van der Waals surface area contributed by atoms with Crippen molar-refractivity contribution in [3.63, 3.8) is 0 Å². The van der Waals surface area contributed by atoms with Crippen LogP contribution in [0, 0.1) is 11.6 Å². The van der Waals surface area contributed by atoms with E-state index in [1.54, 1.807) is 6.07 Å². The van der Waals surface area contributed by atoms with Gasteiger partial charge in [-0.25, -0.2) is 8.78 Å². The minimum absolute atomic E-state index is 0.288. The smallest absolute Gasteiger partial charge is 0.159 e. The van der Waals surface area contributed by atoms with E-state index in [1.165, 1.54) is 23.3 Å². The van der Waals surface area contributed by atoms with Crippen molar-refractivity contribution in [2.24, 2.45) is 0 Å². The van der Waals surface area contributed by atoms with Gasteiger partial charge in [0.2, 0.25) is 0 Å². The fourth-order valence-corrected chi connectivity index (χ4v) is 4.64. The number of nitrogens with one attached hydrogen (secondary N) is 1. The molecular weight excluding hydrogens is 384 g/mol. The number of phenolic OH excluding ortho intramolecular Hbond substituents is 1. The Hall–Kier alpha value is -2.40. The van der Waals surface area contributed by atoms with Gasteiger partial charge in [-0.1, -0.05) is 12.5 Å². The Kier molecular flexibility index (Phi) is 5.83. The summed E-state index contributed by atoms with van der Waals surface area (Å²) in [5.41, 5.74) is 4.79. The molecule has 2 aliphatic heterocycles. The highest BCUT2D eigenvalue weighted by molar-refractivity contribution is 5.82. The number of halogens is 2. The quantitative estimate of drug-likeness (QED) is 0.611. The predicted molar refractivity (Wildman–Crippen MR) is 115 cm³/mol. The monoisotopic (exact) mass is 413 g/mol. The number of rotatable bonds is 6. The lowest BCUT2D eigenvalue weighted by atomic mass is 9.81. The summed E-state index contributed by atoms with van der Waals surface area (Å²) in [6, 6.07) is 8.02. The molecule has 0 fully saturated rings. The number of phenols is 1. The largest absolute Gasteiger partial charge is 0.507 e. The van der Waals surface area contributed by atoms with Gasteiger partial charge in [0.1, 0.15) is 17.1 Å². The first-order chi connectivity index (χ1) is 14.3. The summed E-state index contributed by atoms with van der Waals surface area (Å²) in [6.45, 7) is 5.88. The summed E-state index contributed by atoms with van der Waals surface area (Å²) in [6.07, 6.45) is 5.35. The maximum absolute atomic E-state index is 13.3. The molecule has 0 bridgehead atoms. The van der Waals surface area contributed by atoms with Crippen LogP contribution < -0.4 is 10.1 Å². The number of ether oxygens (including phenoxy) is 1. The summed E-state index contributed by atoms with van der Waals surface area (Å²) in [7, 11) is 0. The van der Waals surface area contributed by atoms with E-state index in [-0.39, 0.29) is 11.4 Å². The van der Waals surface area contributed by atoms with E-state index in [9.17, 15) is 13.9 Å². The van der Waals surface area contributed by atoms with Crippen LogP contribution in [0.2, 0.25) is 0 Å². The van der Waals surface area contributed by atoms with Crippen molar-refractivity contribution in [2.75, 3.05) is 13.1 Å². The predicted octanol–water partition coefficient (Wildman–Crippen LogP) is 5.54. The molecule has 0 aromatic heterocycles. The van der Waals surface area contributed by atoms with Crippen LogP contribution in [0.5, 0.6) is 11.5 Å². The van der Waals surface area contributed by atoms with Crippen molar-refractivity contribution in [1.82, 2.24) is 5.32 Å². The van der Waals surface area contributed by atoms with Crippen LogP contribution in [-0.4, -0.2) is 23.8 Å². The van der Waals surface area contributed by atoms with Gasteiger partial charge >= 0.3 is 0 Å². The molecule has 30 heavy (non-hydrogen) atoms. The summed E-state index contributed by atoms with van der Waals surface area (Å²) in [5.74, 6) is -0.537. The molecule has 0 aliphatic carbocycles. The molecule has 0 unspecified atom stereocenters. The first-order valence-electron chi connectivity index (χ1n) is 10.8. The average Bonchev–Trinajstić information content (AvgIpc) is 2.69. The van der Waals surface area contributed by atoms with Gasteiger partial charge in [0, 0.05) is 6.54 Å². The molecule has 3 nitrogen and oxygen atoms in total. The molecule has 5 heteroatoms. The summed E-state index contributed by atoms with van der Waals surface area (Å²) in [5, 5.41) is 14.1. The van der Waals surface area contributed by atoms with Gasteiger partial charge in [-0.15, -0.1) is 0 Å². The van der Waals surface area contributed by atoms with Crippen LogP contribution in [0.3, 0.4) is 0 Å². The normalized spacial score (nSPS) is 17.3. The topological polar surface area (TPSA) is 41.5 Å². The fraction of sp³-hybridized carbons (Fsp3) is 0.440. The van der Waals surface area contributed by atoms with Crippen molar-refractivity contribution < 1.29 is 18.6 Å². The Balaban J connectivity index is 1.39. The highest BCUT2D eigenvalue weighted by Gasteiger charge is 2.37. The third-order valence-corrected chi connectivity index (χ3v) is 6.17. The summed E-state index contributed by atoms with van der Waals surface area (Å²) >= 11 is 0. The third kappa shape index (κ3) is 4.22. The molecule has 0 saturated carbocycles. The molecular formula is C25H29F2NO2. The Morgan fingerprint density at radius 3 is 2.53 bits per heavy atom. The van der Waals surface area contributed by atoms with Gasteiger partial charge in [0.25, 0.3) is 0 Å². The van der Waals surface area contributed by atoms with Gasteiger partial charge in [-0.3, -0.25) is 0 Å². The number of benzene rings is 2. The SMILES string of the molecule is CC1(C)Oc2cc(CCCCCc3ccc(F)c(F)c3)cc(O)c2C2=C1CCNC2. The van der Waals surface area contributed by atoms with E-state index in [1.807, 2.05) is 6.07 Å². The molecule has 2 aromatic carbocycles. The van der Waals surface area contributed by atoms with E-state index >= 15 is 0 Å². The maximum Gasteiger partial charge on any atom is 0.159 e. The molecule has 2 N–H and O–H groups in total. The first-order valence-corrected chi connectivity index (χ1v) is 10.8. The van der Waals surface area contributed by atoms with Gasteiger partial charge in [0.15, 0.2) is 11.6 Å². The zero-order chi connectivity index (χ0) is 21.3. The van der Waals surface area contributed by atoms with E-state index in [0.717, 1.165) is 74.1 Å². The molecule has 2 aliphatic rings. The molecule has 2 heterocycles. The molecule has 4 rings (SSSR count). The Bertz CT molecular complexity index is 981. The van der Waals surface area contributed by atoms with Crippen LogP contribution >= 0.6 is 0 Å². The van der Waals surface area contributed by atoms with Gasteiger partial charge in [-0.05, 0) is 99.0 Å². The molecule has 0 saturated heterocycles. The second-order valence-electron chi connectivity index (χ2n) is 8.79. The van der Waals surface area contributed by atoms with E-state index in [4.69, 9.17) is 4.74 Å². The zero-order valence-corrected chi connectivity index (χ0v) is 17.7. The number of aromatic hydroxyl groups is 1. The van der Waals surface area contributed by atoms with Crippen LogP contribution in [0.4, 0.5) is 8.78 Å². The summed E-state index contributed by atoms with van der Waals surface area (Å²) < 4.78 is 32.6. The van der Waals surface area contributed by atoms with Crippen LogP contribution in [0.1, 0.15) is 56.2 Å². The zero-order valence-electron chi connectivity index (χ0n) is 17.7. The van der Waals surface area contributed by atoms with Crippen molar-refractivity contribution in [2.45, 2.75) is 58.0 Å². The average molecular weight is 414 g/mol. The third-order valence-electron chi connectivity index (χ3n) is 6.17. The van der Waals surface area contributed by atoms with E-state index in [2.05, 4.69) is 25.2 Å². The minimum atomic E-state index is -0.803. The van der Waals surface area contributed by atoms with E-state index in [0.29, 0.717) is 0 Å². The number of unbranched alkanes of at least 4 members (excludes halogenated alkanes) is 2. The molecule has 160 valence electrons. The lowest BCUT2D eigenvalue weighted by Gasteiger charge is -2.40. The van der Waals surface area contributed by atoms with Crippen molar-refractivity contribution in [1.29, 1.82) is 0 Å².